The highest BCUT2D eigenvalue weighted by Crippen LogP contribution is 2.40. The number of thioether (sulfide) groups is 1. The van der Waals surface area contributed by atoms with E-state index in [1.807, 2.05) is 31.2 Å². The fourth-order valence-electron chi connectivity index (χ4n) is 3.94. The summed E-state index contributed by atoms with van der Waals surface area (Å²) in [7, 11) is 0. The fraction of sp³-hybridized carbons (Fsp3) is 0.500. The van der Waals surface area contributed by atoms with Gasteiger partial charge < -0.3 is 15.4 Å². The van der Waals surface area contributed by atoms with E-state index in [4.69, 9.17) is 4.74 Å². The van der Waals surface area contributed by atoms with Crippen LogP contribution in [0.3, 0.4) is 0 Å². The first-order chi connectivity index (χ1) is 16.3. The maximum atomic E-state index is 13.1. The molecule has 3 rings (SSSR count). The summed E-state index contributed by atoms with van der Waals surface area (Å²) in [5, 5.41) is 6.12. The summed E-state index contributed by atoms with van der Waals surface area (Å²) in [6.45, 7) is 8.19. The first-order valence-electron chi connectivity index (χ1n) is 12.0. The predicted octanol–water partition coefficient (Wildman–Crippen LogP) is 6.30. The Bertz CT molecular complexity index is 1030. The Morgan fingerprint density at radius 3 is 2.76 bits per heavy atom. The van der Waals surface area contributed by atoms with Gasteiger partial charge in [0.2, 0.25) is 11.8 Å². The Morgan fingerprint density at radius 2 is 2.03 bits per heavy atom. The number of hydrogen-bond acceptors (Lipinski definition) is 6. The molecular formula is C26H34N2O4S2. The normalized spacial score (nSPS) is 15.8. The average Bonchev–Trinajstić information content (AvgIpc) is 3.14. The monoisotopic (exact) mass is 502 g/mol. The molecule has 1 aliphatic rings. The van der Waals surface area contributed by atoms with Gasteiger partial charge in [-0.15, -0.1) is 23.1 Å². The van der Waals surface area contributed by atoms with Gasteiger partial charge in [0.15, 0.2) is 0 Å². The lowest BCUT2D eigenvalue weighted by Crippen LogP contribution is -2.23. The molecule has 1 aromatic heterocycles. The summed E-state index contributed by atoms with van der Waals surface area (Å²) in [4.78, 5) is 39.9. The molecule has 1 heterocycles. The van der Waals surface area contributed by atoms with E-state index in [1.54, 1.807) is 6.92 Å². The Hall–Kier alpha value is -2.32. The lowest BCUT2D eigenvalue weighted by atomic mass is 9.88. The van der Waals surface area contributed by atoms with Crippen molar-refractivity contribution < 1.29 is 19.1 Å². The molecule has 2 amide bonds. The largest absolute Gasteiger partial charge is 0.462 e. The quantitative estimate of drug-likeness (QED) is 0.294. The smallest absolute Gasteiger partial charge is 0.341 e. The molecule has 2 atom stereocenters. The molecule has 2 aromatic rings. The van der Waals surface area contributed by atoms with E-state index in [0.717, 1.165) is 48.3 Å². The number of nitrogens with one attached hydrogen (secondary N) is 2. The molecule has 2 unspecified atom stereocenters. The van der Waals surface area contributed by atoms with Gasteiger partial charge in [0.05, 0.1) is 17.4 Å². The summed E-state index contributed by atoms with van der Waals surface area (Å²) in [5.74, 6) is 0.0301. The molecule has 8 heteroatoms. The minimum absolute atomic E-state index is 0.00253. The number of fused-ring (bicyclic) bond motifs is 1. The van der Waals surface area contributed by atoms with E-state index in [9.17, 15) is 14.4 Å². The first kappa shape index (κ1) is 26.3. The van der Waals surface area contributed by atoms with Crippen molar-refractivity contribution in [1.29, 1.82) is 0 Å². The van der Waals surface area contributed by atoms with Crippen LogP contribution in [0.1, 0.15) is 74.2 Å². The van der Waals surface area contributed by atoms with E-state index in [1.165, 1.54) is 28.0 Å². The van der Waals surface area contributed by atoms with Crippen LogP contribution in [0.5, 0.6) is 0 Å². The summed E-state index contributed by atoms with van der Waals surface area (Å²) >= 11 is 2.91. The SMILES string of the molecule is CCCCC(=O)Nc1cccc(SC(C)C(=O)Nc2sc3c(c2C(=O)OCC)CCC(C)C3)c1. The van der Waals surface area contributed by atoms with Crippen LogP contribution in [-0.2, 0) is 27.2 Å². The first-order valence-corrected chi connectivity index (χ1v) is 13.7. The third-order valence-corrected chi connectivity index (χ3v) is 8.05. The summed E-state index contributed by atoms with van der Waals surface area (Å²) in [6, 6.07) is 7.52. The number of unbranched alkanes of at least 4 members (excludes halogenated alkanes) is 1. The Balaban J connectivity index is 1.70. The number of carbonyl (C=O) groups excluding carboxylic acids is 3. The van der Waals surface area contributed by atoms with Crippen molar-refractivity contribution >= 4 is 51.6 Å². The van der Waals surface area contributed by atoms with Gasteiger partial charge in [-0.2, -0.15) is 0 Å². The topological polar surface area (TPSA) is 84.5 Å². The van der Waals surface area contributed by atoms with Crippen molar-refractivity contribution in [2.75, 3.05) is 17.2 Å². The van der Waals surface area contributed by atoms with Gasteiger partial charge in [-0.3, -0.25) is 9.59 Å². The van der Waals surface area contributed by atoms with Crippen molar-refractivity contribution in [2.45, 2.75) is 76.4 Å². The fourth-order valence-corrected chi connectivity index (χ4v) is 6.27. The molecule has 2 N–H and O–H groups in total. The van der Waals surface area contributed by atoms with E-state index in [2.05, 4.69) is 24.5 Å². The Labute approximate surface area is 210 Å². The molecule has 1 aliphatic carbocycles. The maximum absolute atomic E-state index is 13.1. The number of carbonyl (C=O) groups is 3. The van der Waals surface area contributed by atoms with E-state index in [0.29, 0.717) is 29.5 Å². The number of anilines is 2. The van der Waals surface area contributed by atoms with Gasteiger partial charge in [0.25, 0.3) is 0 Å². The van der Waals surface area contributed by atoms with E-state index >= 15 is 0 Å². The van der Waals surface area contributed by atoms with E-state index < -0.39 is 0 Å². The van der Waals surface area contributed by atoms with Crippen LogP contribution in [0.2, 0.25) is 0 Å². The number of ether oxygens (including phenoxy) is 1. The van der Waals surface area contributed by atoms with E-state index in [-0.39, 0.29) is 23.0 Å². The molecule has 184 valence electrons. The van der Waals surface area contributed by atoms with Crippen LogP contribution in [0.15, 0.2) is 29.2 Å². The second kappa shape index (κ2) is 12.4. The van der Waals surface area contributed by atoms with Gasteiger partial charge in [0, 0.05) is 21.9 Å². The highest BCUT2D eigenvalue weighted by Gasteiger charge is 2.30. The number of hydrogen-bond donors (Lipinski definition) is 2. The van der Waals surface area contributed by atoms with Crippen molar-refractivity contribution in [1.82, 2.24) is 0 Å². The lowest BCUT2D eigenvalue weighted by Gasteiger charge is -2.18. The van der Waals surface area contributed by atoms with Gasteiger partial charge >= 0.3 is 5.97 Å². The summed E-state index contributed by atoms with van der Waals surface area (Å²) in [5.41, 5.74) is 2.28. The average molecular weight is 503 g/mol. The summed E-state index contributed by atoms with van der Waals surface area (Å²) in [6.07, 6.45) is 5.11. The number of amides is 2. The number of rotatable bonds is 10. The lowest BCUT2D eigenvalue weighted by molar-refractivity contribution is -0.116. The Kier molecular flexibility index (Phi) is 9.59. The third kappa shape index (κ3) is 6.85. The number of benzene rings is 1. The van der Waals surface area contributed by atoms with Crippen molar-refractivity contribution in [3.05, 3.63) is 40.3 Å². The predicted molar refractivity (Wildman–Crippen MR) is 140 cm³/mol. The van der Waals surface area contributed by atoms with Crippen LogP contribution < -0.4 is 10.6 Å². The van der Waals surface area contributed by atoms with Crippen molar-refractivity contribution in [2.24, 2.45) is 5.92 Å². The van der Waals surface area contributed by atoms with Crippen LogP contribution >= 0.6 is 23.1 Å². The second-order valence-electron chi connectivity index (χ2n) is 8.71. The van der Waals surface area contributed by atoms with Crippen molar-refractivity contribution in [3.8, 4) is 0 Å². The molecule has 0 fully saturated rings. The standard InChI is InChI=1S/C26H34N2O4S2/c1-5-7-11-22(29)27-18-9-8-10-19(15-18)33-17(4)24(30)28-25-23(26(31)32-6-2)20-13-12-16(3)14-21(20)34-25/h8-10,15-17H,5-7,11-14H2,1-4H3,(H,27,29)(H,28,30). The van der Waals surface area contributed by atoms with Crippen LogP contribution in [0.25, 0.3) is 0 Å². The molecule has 0 saturated heterocycles. The molecule has 0 bridgehead atoms. The molecule has 1 aromatic carbocycles. The zero-order valence-electron chi connectivity index (χ0n) is 20.4. The van der Waals surface area contributed by atoms with Gasteiger partial charge in [0.1, 0.15) is 5.00 Å². The zero-order valence-corrected chi connectivity index (χ0v) is 22.0. The van der Waals surface area contributed by atoms with Gasteiger partial charge in [-0.05, 0) is 69.2 Å². The van der Waals surface area contributed by atoms with Crippen molar-refractivity contribution in [3.63, 3.8) is 0 Å². The van der Waals surface area contributed by atoms with Gasteiger partial charge in [-0.25, -0.2) is 4.79 Å². The molecule has 0 saturated carbocycles. The van der Waals surface area contributed by atoms with Crippen LogP contribution in [0.4, 0.5) is 10.7 Å². The number of esters is 1. The Morgan fingerprint density at radius 1 is 1.24 bits per heavy atom. The molecule has 0 aliphatic heterocycles. The zero-order chi connectivity index (χ0) is 24.7. The van der Waals surface area contributed by atoms with Crippen LogP contribution in [-0.4, -0.2) is 29.6 Å². The number of thiophene rings is 1. The van der Waals surface area contributed by atoms with Gasteiger partial charge in [-0.1, -0.05) is 26.3 Å². The minimum Gasteiger partial charge on any atom is -0.462 e. The highest BCUT2D eigenvalue weighted by molar-refractivity contribution is 8.00. The third-order valence-electron chi connectivity index (χ3n) is 5.79. The highest BCUT2D eigenvalue weighted by atomic mass is 32.2. The molecule has 6 nitrogen and oxygen atoms in total. The van der Waals surface area contributed by atoms with Crippen LogP contribution in [0, 0.1) is 5.92 Å². The molecule has 0 radical (unpaired) electrons. The molecular weight excluding hydrogens is 468 g/mol. The molecule has 0 spiro atoms. The minimum atomic E-state index is -0.390. The molecule has 34 heavy (non-hydrogen) atoms. The summed E-state index contributed by atoms with van der Waals surface area (Å²) < 4.78 is 5.30. The maximum Gasteiger partial charge on any atom is 0.341 e. The second-order valence-corrected chi connectivity index (χ2v) is 11.2.